The minimum Gasteiger partial charge on any atom is -0.382 e. The number of benzene rings is 1. The van der Waals surface area contributed by atoms with Crippen LogP contribution in [0.1, 0.15) is 49.8 Å². The topological polar surface area (TPSA) is 91.9 Å². The number of hydrogen-bond donors (Lipinski definition) is 2. The molecule has 1 saturated carbocycles. The Kier molecular flexibility index (Phi) is 3.93. The maximum atomic E-state index is 8.94. The normalized spacial score (nSPS) is 30.6. The predicted octanol–water partition coefficient (Wildman–Crippen LogP) is 4.71. The lowest BCUT2D eigenvalue weighted by Gasteiger charge is -2.41. The van der Waals surface area contributed by atoms with Gasteiger partial charge < -0.3 is 10.3 Å². The van der Waals surface area contributed by atoms with Gasteiger partial charge in [0, 0.05) is 23.5 Å². The average Bonchev–Trinajstić information content (AvgIpc) is 3.34. The van der Waals surface area contributed by atoms with Gasteiger partial charge in [0.25, 0.3) is 0 Å². The summed E-state index contributed by atoms with van der Waals surface area (Å²) >= 11 is 0. The van der Waals surface area contributed by atoms with Crippen molar-refractivity contribution in [2.45, 2.75) is 50.2 Å². The van der Waals surface area contributed by atoms with E-state index in [0.717, 1.165) is 37.2 Å². The Morgan fingerprint density at radius 1 is 1.18 bits per heavy atom. The molecule has 142 valence electrons. The first-order valence-electron chi connectivity index (χ1n) is 9.87. The summed E-state index contributed by atoms with van der Waals surface area (Å²) in [6.45, 7) is 2.25. The van der Waals surface area contributed by atoms with Crippen molar-refractivity contribution in [1.82, 2.24) is 9.99 Å². The number of hydrogen-bond acceptors (Lipinski definition) is 6. The molecule has 5 rings (SSSR count). The second-order valence-corrected chi connectivity index (χ2v) is 8.11. The maximum absolute atomic E-state index is 8.94. The number of aromatic nitrogens is 1. The molecule has 2 aromatic rings. The van der Waals surface area contributed by atoms with Crippen molar-refractivity contribution >= 4 is 17.8 Å². The summed E-state index contributed by atoms with van der Waals surface area (Å²) in [5, 5.41) is 23.6. The third-order valence-electron chi connectivity index (χ3n) is 6.48. The van der Waals surface area contributed by atoms with Gasteiger partial charge >= 0.3 is 0 Å². The van der Waals surface area contributed by atoms with Crippen LogP contribution in [0.25, 0.3) is 0 Å². The number of nitriles is 1. The SMILES string of the molecule is CC1(C2CCC(Nc3ccc(C#N)cc3)CC2)N=NN2C=Nc3[nH]ccc3C21. The molecule has 2 N–H and O–H groups in total. The fraction of sp³-hybridized carbons (Fsp3) is 0.429. The molecule has 0 amide bonds. The van der Waals surface area contributed by atoms with Crippen LogP contribution in [0.5, 0.6) is 0 Å². The van der Waals surface area contributed by atoms with Crippen LogP contribution in [-0.2, 0) is 0 Å². The fourth-order valence-corrected chi connectivity index (χ4v) is 4.89. The Labute approximate surface area is 164 Å². The molecule has 3 aliphatic rings. The van der Waals surface area contributed by atoms with E-state index in [0.29, 0.717) is 17.5 Å². The highest BCUT2D eigenvalue weighted by molar-refractivity contribution is 5.67. The summed E-state index contributed by atoms with van der Waals surface area (Å²) in [5.74, 6) is 1.41. The second-order valence-electron chi connectivity index (χ2n) is 8.11. The van der Waals surface area contributed by atoms with E-state index in [-0.39, 0.29) is 11.6 Å². The van der Waals surface area contributed by atoms with Gasteiger partial charge in [0.2, 0.25) is 0 Å². The third-order valence-corrected chi connectivity index (χ3v) is 6.48. The molecule has 0 bridgehead atoms. The van der Waals surface area contributed by atoms with Crippen LogP contribution >= 0.6 is 0 Å². The van der Waals surface area contributed by atoms with Crippen molar-refractivity contribution < 1.29 is 0 Å². The largest absolute Gasteiger partial charge is 0.382 e. The quantitative estimate of drug-likeness (QED) is 0.816. The van der Waals surface area contributed by atoms with Gasteiger partial charge in [-0.15, -0.1) is 0 Å². The molecule has 2 atom stereocenters. The van der Waals surface area contributed by atoms with Gasteiger partial charge in [-0.25, -0.2) is 10.0 Å². The number of rotatable bonds is 3. The molecule has 0 radical (unpaired) electrons. The molecule has 7 nitrogen and oxygen atoms in total. The summed E-state index contributed by atoms with van der Waals surface area (Å²) < 4.78 is 0. The first-order valence-corrected chi connectivity index (χ1v) is 9.87. The number of anilines is 1. The van der Waals surface area contributed by atoms with Crippen molar-refractivity contribution in [2.24, 2.45) is 21.2 Å². The van der Waals surface area contributed by atoms with Crippen molar-refractivity contribution in [3.8, 4) is 6.07 Å². The first-order chi connectivity index (χ1) is 13.7. The predicted molar refractivity (Wildman–Crippen MR) is 107 cm³/mol. The van der Waals surface area contributed by atoms with Gasteiger partial charge in [-0.1, -0.05) is 5.22 Å². The van der Waals surface area contributed by atoms with E-state index >= 15 is 0 Å². The molecule has 1 aromatic carbocycles. The lowest BCUT2D eigenvalue weighted by molar-refractivity contribution is 0.162. The highest BCUT2D eigenvalue weighted by Gasteiger charge is 2.51. The molecule has 7 heteroatoms. The Balaban J connectivity index is 1.27. The highest BCUT2D eigenvalue weighted by Crippen LogP contribution is 2.51. The van der Waals surface area contributed by atoms with Crippen LogP contribution in [0.15, 0.2) is 51.9 Å². The van der Waals surface area contributed by atoms with Crippen LogP contribution in [0.3, 0.4) is 0 Å². The lowest BCUT2D eigenvalue weighted by Crippen LogP contribution is -2.44. The van der Waals surface area contributed by atoms with E-state index < -0.39 is 0 Å². The fourth-order valence-electron chi connectivity index (χ4n) is 4.89. The molecule has 0 saturated heterocycles. The van der Waals surface area contributed by atoms with Crippen LogP contribution in [-0.4, -0.2) is 27.9 Å². The number of aromatic amines is 1. The molecule has 0 spiro atoms. The Hall–Kier alpha value is -3.14. The van der Waals surface area contributed by atoms with E-state index in [2.05, 4.69) is 39.6 Å². The zero-order valence-electron chi connectivity index (χ0n) is 15.8. The molecular formula is C21H23N7. The van der Waals surface area contributed by atoms with Gasteiger partial charge in [-0.3, -0.25) is 0 Å². The second kappa shape index (κ2) is 6.48. The number of aliphatic imine (C=N–C) groups is 1. The van der Waals surface area contributed by atoms with Gasteiger partial charge in [0.1, 0.15) is 23.7 Å². The van der Waals surface area contributed by atoms with E-state index in [1.807, 2.05) is 35.5 Å². The zero-order chi connectivity index (χ0) is 19.1. The van der Waals surface area contributed by atoms with Crippen molar-refractivity contribution in [2.75, 3.05) is 5.32 Å². The van der Waals surface area contributed by atoms with E-state index in [1.54, 1.807) is 6.34 Å². The standard InChI is InChI=1S/C21H23N7/c1-21(19-18-10-11-23-20(18)24-13-28(19)27-26-21)15-4-8-17(9-5-15)25-16-6-2-14(12-22)3-7-16/h2-3,6-7,10-11,13,15,17,19,23,25H,4-5,8-9H2,1H3. The molecule has 1 aliphatic carbocycles. The molecule has 1 fully saturated rings. The first kappa shape index (κ1) is 17.0. The smallest absolute Gasteiger partial charge is 0.137 e. The Morgan fingerprint density at radius 3 is 2.71 bits per heavy atom. The monoisotopic (exact) mass is 373 g/mol. The van der Waals surface area contributed by atoms with E-state index in [9.17, 15) is 0 Å². The van der Waals surface area contributed by atoms with Crippen LogP contribution in [0, 0.1) is 17.2 Å². The molecular weight excluding hydrogens is 350 g/mol. The summed E-state index contributed by atoms with van der Waals surface area (Å²) in [4.78, 5) is 7.65. The van der Waals surface area contributed by atoms with Gasteiger partial charge in [-0.05, 0) is 68.9 Å². The maximum Gasteiger partial charge on any atom is 0.137 e. The third kappa shape index (κ3) is 2.68. The van der Waals surface area contributed by atoms with Gasteiger partial charge in [0.15, 0.2) is 0 Å². The minimum atomic E-state index is -0.233. The number of nitrogens with one attached hydrogen (secondary N) is 2. The molecule has 2 aliphatic heterocycles. The summed E-state index contributed by atoms with van der Waals surface area (Å²) in [7, 11) is 0. The van der Waals surface area contributed by atoms with Gasteiger partial charge in [0.05, 0.1) is 11.6 Å². The lowest BCUT2D eigenvalue weighted by atomic mass is 9.70. The Bertz CT molecular complexity index is 959. The highest BCUT2D eigenvalue weighted by atomic mass is 15.6. The summed E-state index contributed by atoms with van der Waals surface area (Å²) in [6, 6.07) is 12.6. The van der Waals surface area contributed by atoms with Crippen LogP contribution in [0.4, 0.5) is 11.5 Å². The molecule has 3 heterocycles. The summed E-state index contributed by atoms with van der Waals surface area (Å²) in [5.41, 5.74) is 2.73. The van der Waals surface area contributed by atoms with E-state index in [1.165, 1.54) is 5.56 Å². The zero-order valence-corrected chi connectivity index (χ0v) is 15.8. The summed E-state index contributed by atoms with van der Waals surface area (Å²) in [6.07, 6.45) is 8.18. The number of fused-ring (bicyclic) bond motifs is 3. The number of H-pyrrole nitrogens is 1. The molecule has 2 unspecified atom stereocenters. The van der Waals surface area contributed by atoms with Crippen LogP contribution < -0.4 is 5.32 Å². The molecule has 1 aromatic heterocycles. The Morgan fingerprint density at radius 2 is 1.96 bits per heavy atom. The molecule has 28 heavy (non-hydrogen) atoms. The minimum absolute atomic E-state index is 0.124. The number of nitrogens with zero attached hydrogens (tertiary/aromatic N) is 5. The van der Waals surface area contributed by atoms with Crippen molar-refractivity contribution in [1.29, 1.82) is 5.26 Å². The van der Waals surface area contributed by atoms with Crippen LogP contribution in [0.2, 0.25) is 0 Å². The van der Waals surface area contributed by atoms with E-state index in [4.69, 9.17) is 10.4 Å². The average molecular weight is 373 g/mol. The van der Waals surface area contributed by atoms with Crippen molar-refractivity contribution in [3.63, 3.8) is 0 Å². The van der Waals surface area contributed by atoms with Crippen molar-refractivity contribution in [3.05, 3.63) is 47.7 Å². The van der Waals surface area contributed by atoms with Gasteiger partial charge in [-0.2, -0.15) is 10.4 Å².